The summed E-state index contributed by atoms with van der Waals surface area (Å²) in [5.74, 6) is 0.463. The van der Waals surface area contributed by atoms with Gasteiger partial charge in [-0.2, -0.15) is 0 Å². The third-order valence-electron chi connectivity index (χ3n) is 7.32. The number of hydrogen-bond donors (Lipinski definition) is 0. The maximum atomic E-state index is 13.0. The van der Waals surface area contributed by atoms with Gasteiger partial charge < -0.3 is 13.8 Å². The molecule has 1 aliphatic rings. The number of hydrogen-bond acceptors (Lipinski definition) is 5. The van der Waals surface area contributed by atoms with E-state index in [0.717, 1.165) is 52.5 Å². The van der Waals surface area contributed by atoms with Gasteiger partial charge in [-0.05, 0) is 68.1 Å². The Morgan fingerprint density at radius 1 is 1.00 bits per heavy atom. The summed E-state index contributed by atoms with van der Waals surface area (Å²) in [5.41, 5.74) is 4.48. The lowest BCUT2D eigenvalue weighted by Crippen LogP contribution is -2.11. The number of benzene rings is 2. The molecular weight excluding hydrogens is 452 g/mol. The molecule has 0 saturated heterocycles. The molecule has 1 saturated carbocycles. The molecule has 2 aromatic heterocycles. The summed E-state index contributed by atoms with van der Waals surface area (Å²) in [7, 11) is 0. The molecule has 6 heteroatoms. The van der Waals surface area contributed by atoms with Gasteiger partial charge in [0.15, 0.2) is 5.76 Å². The van der Waals surface area contributed by atoms with Crippen molar-refractivity contribution in [3.63, 3.8) is 0 Å². The number of ketones is 1. The number of fused-ring (bicyclic) bond motifs is 3. The van der Waals surface area contributed by atoms with Crippen molar-refractivity contribution in [1.29, 1.82) is 0 Å². The molecule has 0 N–H and O–H groups in total. The summed E-state index contributed by atoms with van der Waals surface area (Å²) in [6.45, 7) is 4.30. The monoisotopic (exact) mass is 484 g/mol. The lowest BCUT2D eigenvalue weighted by atomic mass is 9.85. The number of rotatable bonds is 8. The molecule has 0 bridgehead atoms. The van der Waals surface area contributed by atoms with Gasteiger partial charge >= 0.3 is 5.97 Å². The van der Waals surface area contributed by atoms with E-state index in [2.05, 4.69) is 34.8 Å². The largest absolute Gasteiger partial charge is 0.461 e. The number of furan rings is 1. The van der Waals surface area contributed by atoms with E-state index in [1.54, 1.807) is 12.1 Å². The van der Waals surface area contributed by atoms with E-state index in [1.165, 1.54) is 45.3 Å². The van der Waals surface area contributed by atoms with Gasteiger partial charge in [-0.3, -0.25) is 4.79 Å². The van der Waals surface area contributed by atoms with Crippen molar-refractivity contribution in [2.24, 2.45) is 11.1 Å². The van der Waals surface area contributed by atoms with E-state index >= 15 is 0 Å². The normalized spacial score (nSPS) is 15.0. The molecular formula is C30H32N2O4. The van der Waals surface area contributed by atoms with Crippen LogP contribution in [0.3, 0.4) is 0 Å². The van der Waals surface area contributed by atoms with E-state index in [1.807, 2.05) is 18.2 Å². The van der Waals surface area contributed by atoms with Crippen molar-refractivity contribution in [2.45, 2.75) is 65.3 Å². The van der Waals surface area contributed by atoms with E-state index in [9.17, 15) is 9.59 Å². The van der Waals surface area contributed by atoms with Crippen LogP contribution in [0.5, 0.6) is 0 Å². The first-order valence-electron chi connectivity index (χ1n) is 12.9. The van der Waals surface area contributed by atoms with Gasteiger partial charge in [-0.25, -0.2) is 4.79 Å². The van der Waals surface area contributed by atoms with Crippen LogP contribution in [0.2, 0.25) is 0 Å². The van der Waals surface area contributed by atoms with Gasteiger partial charge in [0.1, 0.15) is 0 Å². The lowest BCUT2D eigenvalue weighted by Gasteiger charge is -2.21. The summed E-state index contributed by atoms with van der Waals surface area (Å²) in [6.07, 6.45) is 9.75. The second-order valence-corrected chi connectivity index (χ2v) is 9.68. The first kappa shape index (κ1) is 24.0. The van der Waals surface area contributed by atoms with E-state index in [0.29, 0.717) is 17.2 Å². The van der Waals surface area contributed by atoms with Gasteiger partial charge in [0.2, 0.25) is 5.78 Å². The van der Waals surface area contributed by atoms with Crippen LogP contribution < -0.4 is 0 Å². The number of carbonyl (C=O) groups excluding carboxylic acids is 2. The number of nitrogens with zero attached hydrogens (tertiary/aromatic N) is 2. The highest BCUT2D eigenvalue weighted by Crippen LogP contribution is 2.33. The molecule has 186 valence electrons. The summed E-state index contributed by atoms with van der Waals surface area (Å²) < 4.78 is 7.59. The van der Waals surface area contributed by atoms with Gasteiger partial charge in [-0.1, -0.05) is 43.3 Å². The zero-order valence-electron chi connectivity index (χ0n) is 21.0. The summed E-state index contributed by atoms with van der Waals surface area (Å²) in [6, 6.07) is 15.5. The van der Waals surface area contributed by atoms with E-state index in [-0.39, 0.29) is 5.78 Å². The molecule has 1 aliphatic carbocycles. The summed E-state index contributed by atoms with van der Waals surface area (Å²) >= 11 is 0. The Morgan fingerprint density at radius 3 is 2.33 bits per heavy atom. The molecule has 2 aromatic carbocycles. The molecule has 6 nitrogen and oxygen atoms in total. The lowest BCUT2D eigenvalue weighted by molar-refractivity contribution is -0.140. The second-order valence-electron chi connectivity index (χ2n) is 9.68. The van der Waals surface area contributed by atoms with Crippen LogP contribution in [0.4, 0.5) is 0 Å². The van der Waals surface area contributed by atoms with E-state index < -0.39 is 5.97 Å². The highest BCUT2D eigenvalue weighted by Gasteiger charge is 2.19. The van der Waals surface area contributed by atoms with Crippen LogP contribution in [0.1, 0.15) is 80.5 Å². The molecule has 4 aromatic rings. The minimum absolute atomic E-state index is 0.139. The van der Waals surface area contributed by atoms with Crippen LogP contribution in [0.15, 0.2) is 64.4 Å². The number of oxime groups is 1. The quantitative estimate of drug-likeness (QED) is 0.114. The second kappa shape index (κ2) is 10.5. The molecule has 0 atom stereocenters. The van der Waals surface area contributed by atoms with Crippen molar-refractivity contribution in [2.75, 3.05) is 0 Å². The van der Waals surface area contributed by atoms with Crippen LogP contribution in [-0.4, -0.2) is 22.0 Å². The molecule has 2 heterocycles. The fourth-order valence-corrected chi connectivity index (χ4v) is 5.49. The number of carbonyl (C=O) groups is 2. The molecule has 5 rings (SSSR count). The smallest absolute Gasteiger partial charge is 0.331 e. The molecule has 36 heavy (non-hydrogen) atoms. The van der Waals surface area contributed by atoms with Crippen molar-refractivity contribution in [1.82, 2.24) is 4.57 Å². The first-order valence-corrected chi connectivity index (χ1v) is 12.9. The van der Waals surface area contributed by atoms with E-state index in [4.69, 9.17) is 9.25 Å². The topological polar surface area (TPSA) is 73.8 Å². The van der Waals surface area contributed by atoms with Crippen molar-refractivity contribution < 1.29 is 18.8 Å². The van der Waals surface area contributed by atoms with Crippen LogP contribution in [-0.2, 0) is 16.2 Å². The van der Waals surface area contributed by atoms with Gasteiger partial charge in [0.05, 0.1) is 12.0 Å². The fraction of sp³-hybridized carbons (Fsp3) is 0.367. The third kappa shape index (κ3) is 4.85. The van der Waals surface area contributed by atoms with Crippen molar-refractivity contribution in [3.05, 3.63) is 71.7 Å². The Morgan fingerprint density at radius 2 is 1.69 bits per heavy atom. The Bertz CT molecular complexity index is 1420. The van der Waals surface area contributed by atoms with Crippen LogP contribution in [0.25, 0.3) is 21.8 Å². The maximum absolute atomic E-state index is 13.0. The first-order chi connectivity index (χ1) is 17.5. The van der Waals surface area contributed by atoms with Crippen molar-refractivity contribution in [3.8, 4) is 0 Å². The minimum Gasteiger partial charge on any atom is -0.461 e. The molecule has 0 amide bonds. The number of aryl methyl sites for hydroxylation is 1. The molecule has 0 spiro atoms. The SMILES string of the molecule is CCn1c2ccc(C(=O)c3ccco3)cc2c2cc(/C(CCC3CCCCC3)=N\OC(C)=O)ccc21. The summed E-state index contributed by atoms with van der Waals surface area (Å²) in [4.78, 5) is 29.6. The number of aromatic nitrogens is 1. The Kier molecular flexibility index (Phi) is 7.03. The molecule has 0 radical (unpaired) electrons. The predicted molar refractivity (Wildman–Crippen MR) is 141 cm³/mol. The highest BCUT2D eigenvalue weighted by molar-refractivity contribution is 6.15. The Labute approximate surface area is 210 Å². The fourth-order valence-electron chi connectivity index (χ4n) is 5.49. The van der Waals surface area contributed by atoms with Gasteiger partial charge in [-0.15, -0.1) is 0 Å². The molecule has 0 aliphatic heterocycles. The average Bonchev–Trinajstić information content (AvgIpc) is 3.54. The average molecular weight is 485 g/mol. The van der Waals surface area contributed by atoms with Gasteiger partial charge in [0.25, 0.3) is 0 Å². The zero-order chi connectivity index (χ0) is 25.1. The Balaban J connectivity index is 1.56. The maximum Gasteiger partial charge on any atom is 0.331 e. The standard InChI is InChI=1S/C30H32N2O4/c1-3-32-27-15-12-22(26(31-36-20(2)33)14-11-21-8-5-4-6-9-21)18-24(27)25-19-23(13-16-28(25)32)30(34)29-10-7-17-35-29/h7,10,12-13,15-19,21H,3-6,8-9,11,14H2,1-2H3/b31-26-. The molecule has 1 fully saturated rings. The predicted octanol–water partition coefficient (Wildman–Crippen LogP) is 7.27. The van der Waals surface area contributed by atoms with Crippen LogP contribution >= 0.6 is 0 Å². The Hall–Kier alpha value is -3.67. The van der Waals surface area contributed by atoms with Crippen LogP contribution in [0, 0.1) is 5.92 Å². The zero-order valence-corrected chi connectivity index (χ0v) is 21.0. The summed E-state index contributed by atoms with van der Waals surface area (Å²) in [5, 5.41) is 6.32. The van der Waals surface area contributed by atoms with Gasteiger partial charge in [0, 0.05) is 46.4 Å². The van der Waals surface area contributed by atoms with Crippen molar-refractivity contribution >= 4 is 39.3 Å². The minimum atomic E-state index is -0.421. The highest BCUT2D eigenvalue weighted by atomic mass is 16.7. The molecule has 0 unspecified atom stereocenters. The third-order valence-corrected chi connectivity index (χ3v) is 7.32.